The fraction of sp³-hybridized carbons (Fsp3) is 0.235. The van der Waals surface area contributed by atoms with Gasteiger partial charge in [-0.05, 0) is 51.1 Å². The van der Waals surface area contributed by atoms with Crippen molar-refractivity contribution in [2.75, 3.05) is 5.32 Å². The van der Waals surface area contributed by atoms with Crippen molar-refractivity contribution in [3.63, 3.8) is 0 Å². The Balaban J connectivity index is 2.03. The summed E-state index contributed by atoms with van der Waals surface area (Å²) in [5, 5.41) is 2.75. The summed E-state index contributed by atoms with van der Waals surface area (Å²) in [6.07, 6.45) is -0.440. The zero-order chi connectivity index (χ0) is 15.3. The highest BCUT2D eigenvalue weighted by atomic mass is 32.2. The van der Waals surface area contributed by atoms with Crippen LogP contribution >= 0.6 is 11.8 Å². The molecule has 0 heterocycles. The van der Waals surface area contributed by atoms with Gasteiger partial charge in [0.1, 0.15) is 5.60 Å². The molecule has 0 bridgehead atoms. The van der Waals surface area contributed by atoms with E-state index in [2.05, 4.69) is 17.4 Å². The Morgan fingerprint density at radius 2 is 1.67 bits per heavy atom. The van der Waals surface area contributed by atoms with Gasteiger partial charge < -0.3 is 4.74 Å². The van der Waals surface area contributed by atoms with E-state index in [1.165, 1.54) is 0 Å². The number of anilines is 1. The molecule has 3 nitrogen and oxygen atoms in total. The molecular weight excluding hydrogens is 282 g/mol. The molecule has 21 heavy (non-hydrogen) atoms. The summed E-state index contributed by atoms with van der Waals surface area (Å²) in [6, 6.07) is 17.8. The lowest BCUT2D eigenvalue weighted by atomic mass is 10.2. The topological polar surface area (TPSA) is 38.3 Å². The van der Waals surface area contributed by atoms with Crippen LogP contribution < -0.4 is 5.32 Å². The number of rotatable bonds is 3. The molecule has 0 aliphatic rings. The average Bonchev–Trinajstić information content (AvgIpc) is 2.38. The molecule has 0 radical (unpaired) electrons. The van der Waals surface area contributed by atoms with Crippen LogP contribution in [0.5, 0.6) is 0 Å². The zero-order valence-electron chi connectivity index (χ0n) is 12.4. The zero-order valence-corrected chi connectivity index (χ0v) is 13.2. The Morgan fingerprint density at radius 1 is 1.00 bits per heavy atom. The number of carbonyl (C=O) groups is 1. The van der Waals surface area contributed by atoms with Crippen LogP contribution in [-0.4, -0.2) is 11.7 Å². The van der Waals surface area contributed by atoms with E-state index in [0.29, 0.717) is 0 Å². The summed E-state index contributed by atoms with van der Waals surface area (Å²) in [4.78, 5) is 14.0. The summed E-state index contributed by atoms with van der Waals surface area (Å²) in [5.41, 5.74) is 0.227. The largest absolute Gasteiger partial charge is 0.444 e. The van der Waals surface area contributed by atoms with Crippen LogP contribution in [-0.2, 0) is 4.74 Å². The fourth-order valence-electron chi connectivity index (χ4n) is 1.68. The van der Waals surface area contributed by atoms with Gasteiger partial charge in [-0.2, -0.15) is 0 Å². The number of carbonyl (C=O) groups excluding carboxylic acids is 1. The highest BCUT2D eigenvalue weighted by Gasteiger charge is 2.16. The minimum absolute atomic E-state index is 0.440. The standard InChI is InChI=1S/C17H19NO2S/c1-17(2,3)20-16(19)18-13-8-7-11-15(12-13)21-14-9-5-4-6-10-14/h4-12H,1-3H3,(H,18,19). The lowest BCUT2D eigenvalue weighted by Gasteiger charge is -2.19. The first-order chi connectivity index (χ1) is 9.92. The molecule has 0 spiro atoms. The van der Waals surface area contributed by atoms with Gasteiger partial charge in [0.2, 0.25) is 0 Å². The van der Waals surface area contributed by atoms with Crippen LogP contribution in [0.15, 0.2) is 64.4 Å². The number of nitrogens with one attached hydrogen (secondary N) is 1. The maximum atomic E-state index is 11.8. The van der Waals surface area contributed by atoms with Crippen molar-refractivity contribution in [3.8, 4) is 0 Å². The predicted octanol–water partition coefficient (Wildman–Crippen LogP) is 5.18. The summed E-state index contributed by atoms with van der Waals surface area (Å²) in [7, 11) is 0. The molecule has 2 aromatic rings. The van der Waals surface area contributed by atoms with Crippen molar-refractivity contribution in [3.05, 3.63) is 54.6 Å². The molecular formula is C17H19NO2S. The average molecular weight is 301 g/mol. The number of amides is 1. The van der Waals surface area contributed by atoms with E-state index in [1.54, 1.807) is 11.8 Å². The molecule has 0 aliphatic heterocycles. The van der Waals surface area contributed by atoms with Crippen LogP contribution in [0.4, 0.5) is 10.5 Å². The van der Waals surface area contributed by atoms with Crippen LogP contribution in [0.1, 0.15) is 20.8 Å². The van der Waals surface area contributed by atoms with Gasteiger partial charge in [0.05, 0.1) is 0 Å². The van der Waals surface area contributed by atoms with Crippen LogP contribution in [0.25, 0.3) is 0 Å². The molecule has 0 aromatic heterocycles. The Bertz CT molecular complexity index is 606. The second-order valence-corrected chi connectivity index (χ2v) is 6.72. The molecule has 110 valence electrons. The Hall–Kier alpha value is -1.94. The van der Waals surface area contributed by atoms with Gasteiger partial charge in [-0.1, -0.05) is 36.0 Å². The highest BCUT2D eigenvalue weighted by molar-refractivity contribution is 7.99. The van der Waals surface area contributed by atoms with Crippen molar-refractivity contribution < 1.29 is 9.53 Å². The van der Waals surface area contributed by atoms with E-state index in [4.69, 9.17) is 4.74 Å². The van der Waals surface area contributed by atoms with Crippen LogP contribution in [0.3, 0.4) is 0 Å². The van der Waals surface area contributed by atoms with Gasteiger partial charge in [-0.25, -0.2) is 4.79 Å². The quantitative estimate of drug-likeness (QED) is 0.848. The van der Waals surface area contributed by atoms with Crippen molar-refractivity contribution in [1.82, 2.24) is 0 Å². The molecule has 0 saturated heterocycles. The van der Waals surface area contributed by atoms with Crippen molar-refractivity contribution >= 4 is 23.5 Å². The second-order valence-electron chi connectivity index (χ2n) is 5.57. The van der Waals surface area contributed by atoms with Gasteiger partial charge in [-0.15, -0.1) is 0 Å². The van der Waals surface area contributed by atoms with Gasteiger partial charge >= 0.3 is 6.09 Å². The summed E-state index contributed by atoms with van der Waals surface area (Å²) in [6.45, 7) is 5.52. The third-order valence-electron chi connectivity index (χ3n) is 2.46. The van der Waals surface area contributed by atoms with E-state index in [9.17, 15) is 4.79 Å². The summed E-state index contributed by atoms with van der Waals surface area (Å²) < 4.78 is 5.24. The molecule has 2 rings (SSSR count). The Kier molecular flexibility index (Phi) is 4.91. The molecule has 1 amide bonds. The van der Waals surface area contributed by atoms with E-state index >= 15 is 0 Å². The first kappa shape index (κ1) is 15.4. The summed E-state index contributed by atoms with van der Waals surface area (Å²) in [5.74, 6) is 0. The minimum Gasteiger partial charge on any atom is -0.444 e. The van der Waals surface area contributed by atoms with Crippen molar-refractivity contribution in [2.45, 2.75) is 36.2 Å². The predicted molar refractivity (Wildman–Crippen MR) is 86.9 cm³/mol. The fourth-order valence-corrected chi connectivity index (χ4v) is 2.58. The number of ether oxygens (including phenoxy) is 1. The van der Waals surface area contributed by atoms with Gasteiger partial charge in [-0.3, -0.25) is 5.32 Å². The monoisotopic (exact) mass is 301 g/mol. The van der Waals surface area contributed by atoms with E-state index < -0.39 is 11.7 Å². The molecule has 0 fully saturated rings. The third-order valence-corrected chi connectivity index (χ3v) is 3.46. The van der Waals surface area contributed by atoms with Gasteiger partial charge in [0.25, 0.3) is 0 Å². The Labute approximate surface area is 129 Å². The molecule has 0 aliphatic carbocycles. The number of hydrogen-bond acceptors (Lipinski definition) is 3. The highest BCUT2D eigenvalue weighted by Crippen LogP contribution is 2.29. The van der Waals surface area contributed by atoms with E-state index in [0.717, 1.165) is 15.5 Å². The maximum absolute atomic E-state index is 11.8. The molecule has 0 unspecified atom stereocenters. The SMILES string of the molecule is CC(C)(C)OC(=O)Nc1cccc(Sc2ccccc2)c1. The second kappa shape index (κ2) is 6.68. The Morgan fingerprint density at radius 3 is 2.33 bits per heavy atom. The minimum atomic E-state index is -0.500. The number of hydrogen-bond donors (Lipinski definition) is 1. The first-order valence-corrected chi connectivity index (χ1v) is 7.57. The van der Waals surface area contributed by atoms with Crippen LogP contribution in [0, 0.1) is 0 Å². The van der Waals surface area contributed by atoms with E-state index in [-0.39, 0.29) is 0 Å². The first-order valence-electron chi connectivity index (χ1n) is 6.75. The third kappa shape index (κ3) is 5.52. The smallest absolute Gasteiger partial charge is 0.412 e. The van der Waals surface area contributed by atoms with Crippen molar-refractivity contribution in [2.24, 2.45) is 0 Å². The van der Waals surface area contributed by atoms with Gasteiger partial charge in [0.15, 0.2) is 0 Å². The van der Waals surface area contributed by atoms with Crippen LogP contribution in [0.2, 0.25) is 0 Å². The normalized spacial score (nSPS) is 11.0. The molecule has 1 N–H and O–H groups in total. The molecule has 4 heteroatoms. The molecule has 0 atom stereocenters. The van der Waals surface area contributed by atoms with E-state index in [1.807, 2.05) is 63.2 Å². The molecule has 0 saturated carbocycles. The van der Waals surface area contributed by atoms with Gasteiger partial charge in [0, 0.05) is 15.5 Å². The lowest BCUT2D eigenvalue weighted by molar-refractivity contribution is 0.0636. The molecule has 2 aromatic carbocycles. The maximum Gasteiger partial charge on any atom is 0.412 e. The lowest BCUT2D eigenvalue weighted by Crippen LogP contribution is -2.27. The van der Waals surface area contributed by atoms with Crippen molar-refractivity contribution in [1.29, 1.82) is 0 Å². The number of benzene rings is 2. The summed E-state index contributed by atoms with van der Waals surface area (Å²) >= 11 is 1.65.